The molecule has 4 N–H and O–H groups in total. The summed E-state index contributed by atoms with van der Waals surface area (Å²) < 4.78 is 81.8. The van der Waals surface area contributed by atoms with E-state index in [0.717, 1.165) is 32.4 Å². The van der Waals surface area contributed by atoms with Crippen LogP contribution >= 0.6 is 0 Å². The number of benzene rings is 1. The van der Waals surface area contributed by atoms with Gasteiger partial charge in [0.05, 0.1) is 12.8 Å². The second kappa shape index (κ2) is 7.79. The normalized spacial score (nSPS) is 25.1. The number of halogens is 5. The Morgan fingerprint density at radius 3 is 2.53 bits per heavy atom. The van der Waals surface area contributed by atoms with Crippen LogP contribution in [0.4, 0.5) is 22.0 Å². The van der Waals surface area contributed by atoms with Gasteiger partial charge in [-0.05, 0) is 19.1 Å². The number of nitrogen functional groups attached to an aromatic ring is 1. The second-order valence-corrected chi connectivity index (χ2v) is 8.18. The molecule has 3 aliphatic rings. The van der Waals surface area contributed by atoms with Crippen LogP contribution < -0.4 is 10.5 Å². The molecular formula is C21H20F5N5O3. The summed E-state index contributed by atoms with van der Waals surface area (Å²) in [4.78, 5) is 8.46. The lowest BCUT2D eigenvalue weighted by Crippen LogP contribution is -2.46. The average Bonchev–Trinajstić information content (AvgIpc) is 3.29. The van der Waals surface area contributed by atoms with Gasteiger partial charge in [-0.15, -0.1) is 0 Å². The molecule has 182 valence electrons. The summed E-state index contributed by atoms with van der Waals surface area (Å²) in [6.45, 7) is 2.15. The van der Waals surface area contributed by atoms with Crippen molar-refractivity contribution in [2.75, 3.05) is 7.11 Å². The predicted molar refractivity (Wildman–Crippen MR) is 108 cm³/mol. The number of nitrogens with one attached hydrogen (secondary N) is 1. The third-order valence-corrected chi connectivity index (χ3v) is 6.35. The Hall–Kier alpha value is -3.48. The van der Waals surface area contributed by atoms with Gasteiger partial charge in [0.15, 0.2) is 23.0 Å². The Morgan fingerprint density at radius 1 is 1.26 bits per heavy atom. The van der Waals surface area contributed by atoms with Crippen molar-refractivity contribution in [1.29, 1.82) is 5.41 Å². The first kappa shape index (κ1) is 23.7. The number of hydrogen-bond donors (Lipinski definition) is 3. The van der Waals surface area contributed by atoms with Crippen molar-refractivity contribution in [3.05, 3.63) is 53.1 Å². The van der Waals surface area contributed by atoms with Crippen LogP contribution in [0, 0.1) is 23.0 Å². The van der Waals surface area contributed by atoms with Gasteiger partial charge in [-0.2, -0.15) is 22.3 Å². The molecule has 0 amide bonds. The zero-order chi connectivity index (χ0) is 25.2. The van der Waals surface area contributed by atoms with Crippen molar-refractivity contribution in [1.82, 2.24) is 14.7 Å². The summed E-state index contributed by atoms with van der Waals surface area (Å²) in [5, 5.41) is 17.7. The summed E-state index contributed by atoms with van der Waals surface area (Å²) in [6.07, 6.45) is -5.14. The van der Waals surface area contributed by atoms with Crippen molar-refractivity contribution in [2.24, 2.45) is 11.7 Å². The van der Waals surface area contributed by atoms with Crippen LogP contribution in [0.5, 0.6) is 5.75 Å². The Labute approximate surface area is 189 Å². The van der Waals surface area contributed by atoms with E-state index in [-0.39, 0.29) is 28.5 Å². The van der Waals surface area contributed by atoms with Gasteiger partial charge >= 0.3 is 6.18 Å². The first-order valence-corrected chi connectivity index (χ1v) is 10.0. The predicted octanol–water partition coefficient (Wildman–Crippen LogP) is 4.00. The first-order chi connectivity index (χ1) is 15.8. The molecule has 0 unspecified atom stereocenters. The maximum atomic E-state index is 14.5. The second-order valence-electron chi connectivity index (χ2n) is 8.18. The highest BCUT2D eigenvalue weighted by Gasteiger charge is 2.65. The molecule has 1 fully saturated rings. The molecule has 3 heterocycles. The van der Waals surface area contributed by atoms with Crippen LogP contribution in [0.15, 0.2) is 24.4 Å². The van der Waals surface area contributed by atoms with Gasteiger partial charge in [0.25, 0.3) is 0 Å². The van der Waals surface area contributed by atoms with Gasteiger partial charge in [0.1, 0.15) is 23.3 Å². The number of fused-ring (bicyclic) bond motifs is 1. The van der Waals surface area contributed by atoms with E-state index >= 15 is 0 Å². The van der Waals surface area contributed by atoms with Crippen LogP contribution in [-0.4, -0.2) is 44.6 Å². The van der Waals surface area contributed by atoms with E-state index in [1.54, 1.807) is 0 Å². The van der Waals surface area contributed by atoms with E-state index in [4.69, 9.17) is 20.6 Å². The molecule has 34 heavy (non-hydrogen) atoms. The van der Waals surface area contributed by atoms with E-state index in [0.29, 0.717) is 4.73 Å². The van der Waals surface area contributed by atoms with Crippen molar-refractivity contribution in [3.8, 4) is 17.1 Å². The minimum absolute atomic E-state index is 0.0413. The number of alkyl halides is 3. The fourth-order valence-corrected chi connectivity index (χ4v) is 4.40. The summed E-state index contributed by atoms with van der Waals surface area (Å²) in [5.74, 6) is -6.38. The molecule has 0 bridgehead atoms. The molecule has 0 spiro atoms. The molecule has 1 saturated heterocycles. The molecule has 0 aliphatic carbocycles. The average molecular weight is 485 g/mol. The third-order valence-electron chi connectivity index (χ3n) is 6.35. The van der Waals surface area contributed by atoms with Gasteiger partial charge in [-0.1, -0.05) is 13.0 Å². The van der Waals surface area contributed by atoms with Gasteiger partial charge in [-0.25, -0.2) is 14.4 Å². The fraction of sp³-hybridized carbons (Fsp3) is 0.381. The van der Waals surface area contributed by atoms with Crippen LogP contribution in [-0.2, 0) is 4.74 Å². The van der Waals surface area contributed by atoms with Crippen LogP contribution in [0.3, 0.4) is 0 Å². The minimum Gasteiger partial charge on any atom is -0.493 e. The number of nitrogens with two attached hydrogens (primary N) is 1. The summed E-state index contributed by atoms with van der Waals surface area (Å²) >= 11 is 0. The quantitative estimate of drug-likeness (QED) is 0.222. The molecule has 1 aromatic carbocycles. The number of ether oxygens (including phenoxy) is 2. The zero-order valence-corrected chi connectivity index (χ0v) is 18.1. The van der Waals surface area contributed by atoms with E-state index in [2.05, 4.69) is 9.97 Å². The van der Waals surface area contributed by atoms with Gasteiger partial charge in [0.2, 0.25) is 5.82 Å². The van der Waals surface area contributed by atoms with Gasteiger partial charge in [-0.3, -0.25) is 5.41 Å². The largest absolute Gasteiger partial charge is 0.493 e. The number of pyridine rings is 1. The Bertz CT molecular complexity index is 1250. The van der Waals surface area contributed by atoms with E-state index < -0.39 is 52.9 Å². The lowest BCUT2D eigenvalue weighted by molar-refractivity contribution is -0.275. The molecule has 13 heteroatoms. The fourth-order valence-electron chi connectivity index (χ4n) is 4.40. The van der Waals surface area contributed by atoms with Gasteiger partial charge < -0.3 is 20.4 Å². The SMILES string of the molecule is COc1c([C@H]2[C@H](c3nc4ccn(O)c(C(=N)N)c-4n3)O[C@@](C)(C(F)(F)F)[C@H]2C)ccc(F)c1F. The number of amidine groups is 1. The highest BCUT2D eigenvalue weighted by atomic mass is 19.4. The van der Waals surface area contributed by atoms with Crippen molar-refractivity contribution in [2.45, 2.75) is 37.6 Å². The molecular weight excluding hydrogens is 465 g/mol. The Kier molecular flexibility index (Phi) is 5.42. The Morgan fingerprint density at radius 2 is 1.94 bits per heavy atom. The number of rotatable bonds is 4. The monoisotopic (exact) mass is 485 g/mol. The van der Waals surface area contributed by atoms with Crippen LogP contribution in [0.1, 0.15) is 43.0 Å². The lowest BCUT2D eigenvalue weighted by Gasteiger charge is -2.32. The summed E-state index contributed by atoms with van der Waals surface area (Å²) in [5.41, 5.74) is 2.65. The molecule has 1 aromatic rings. The van der Waals surface area contributed by atoms with Crippen molar-refractivity contribution >= 4 is 5.84 Å². The summed E-state index contributed by atoms with van der Waals surface area (Å²) in [7, 11) is 1.08. The topological polar surface area (TPSA) is 119 Å². The standard InChI is InChI=1S/C21H20F5N5O3/c1-8-12(9-4-5-10(22)13(23)16(9)33-3)17(34-20(8,2)21(24,25)26)19-29-11-6-7-31(32)15(18(27)28)14(11)30-19/h4-8,12,17,32H,1-3H3,(H3,27,28)/t8-,12-,17+,20+/m0/s1. The van der Waals surface area contributed by atoms with Crippen LogP contribution in [0.2, 0.25) is 0 Å². The van der Waals surface area contributed by atoms with Gasteiger partial charge in [0, 0.05) is 23.6 Å². The first-order valence-electron chi connectivity index (χ1n) is 10.0. The molecule has 3 aliphatic heterocycles. The molecule has 4 rings (SSSR count). The number of aromatic nitrogens is 3. The van der Waals surface area contributed by atoms with E-state index in [9.17, 15) is 27.2 Å². The van der Waals surface area contributed by atoms with E-state index in [1.807, 2.05) is 0 Å². The Balaban J connectivity index is 1.95. The molecule has 8 nitrogen and oxygen atoms in total. The van der Waals surface area contributed by atoms with Crippen molar-refractivity contribution in [3.63, 3.8) is 0 Å². The van der Waals surface area contributed by atoms with Crippen LogP contribution in [0.25, 0.3) is 11.4 Å². The highest BCUT2D eigenvalue weighted by molar-refractivity contribution is 5.98. The van der Waals surface area contributed by atoms with Crippen molar-refractivity contribution < 1.29 is 36.6 Å². The number of hydrogen-bond acceptors (Lipinski definition) is 6. The molecule has 0 saturated carbocycles. The molecule has 4 atom stereocenters. The smallest absolute Gasteiger partial charge is 0.417 e. The maximum Gasteiger partial charge on any atom is 0.417 e. The molecule has 0 aromatic heterocycles. The molecule has 0 radical (unpaired) electrons. The summed E-state index contributed by atoms with van der Waals surface area (Å²) in [6, 6.07) is 3.26. The minimum atomic E-state index is -4.82. The zero-order valence-electron chi connectivity index (χ0n) is 18.1. The lowest BCUT2D eigenvalue weighted by atomic mass is 9.77. The maximum absolute atomic E-state index is 14.5. The third kappa shape index (κ3) is 3.33. The number of imidazole rings is 1. The number of nitrogens with zero attached hydrogens (tertiary/aromatic N) is 3. The van der Waals surface area contributed by atoms with E-state index in [1.165, 1.54) is 13.0 Å². The highest BCUT2D eigenvalue weighted by Crippen LogP contribution is 2.59. The number of methoxy groups -OCH3 is 1.